The molecule has 0 saturated heterocycles. The molecular formula is C12H21NO3. The quantitative estimate of drug-likeness (QED) is 0.626. The molecule has 1 heterocycles. The lowest BCUT2D eigenvalue weighted by Crippen LogP contribution is -2.27. The maximum absolute atomic E-state index is 9.72. The first kappa shape index (κ1) is 13.2. The van der Waals surface area contributed by atoms with Crippen LogP contribution in [0.4, 0.5) is 0 Å². The third kappa shape index (κ3) is 4.35. The lowest BCUT2D eigenvalue weighted by Gasteiger charge is -2.15. The van der Waals surface area contributed by atoms with Crippen molar-refractivity contribution in [3.8, 4) is 0 Å². The summed E-state index contributed by atoms with van der Waals surface area (Å²) in [4.78, 5) is 0. The van der Waals surface area contributed by atoms with Gasteiger partial charge >= 0.3 is 0 Å². The second-order valence-electron chi connectivity index (χ2n) is 3.98. The molecule has 0 aliphatic heterocycles. The fourth-order valence-electron chi connectivity index (χ4n) is 1.64. The second-order valence-corrected chi connectivity index (χ2v) is 3.98. The molecule has 0 bridgehead atoms. The SMILES string of the molecule is CCC(CCO)CNCC(O)c1ccco1. The zero-order valence-corrected chi connectivity index (χ0v) is 9.72. The van der Waals surface area contributed by atoms with Crippen LogP contribution in [0.2, 0.25) is 0 Å². The third-order valence-corrected chi connectivity index (χ3v) is 2.76. The van der Waals surface area contributed by atoms with Gasteiger partial charge in [0.05, 0.1) is 6.26 Å². The van der Waals surface area contributed by atoms with Gasteiger partial charge in [-0.25, -0.2) is 0 Å². The molecule has 3 N–H and O–H groups in total. The van der Waals surface area contributed by atoms with Crippen molar-refractivity contribution in [2.45, 2.75) is 25.9 Å². The van der Waals surface area contributed by atoms with Gasteiger partial charge in [0.15, 0.2) is 0 Å². The molecule has 0 aliphatic rings. The molecule has 1 rings (SSSR count). The zero-order chi connectivity index (χ0) is 11.8. The summed E-state index contributed by atoms with van der Waals surface area (Å²) in [5, 5.41) is 21.7. The summed E-state index contributed by atoms with van der Waals surface area (Å²) >= 11 is 0. The average Bonchev–Trinajstić information content (AvgIpc) is 2.81. The Morgan fingerprint density at radius 2 is 2.25 bits per heavy atom. The fourth-order valence-corrected chi connectivity index (χ4v) is 1.64. The van der Waals surface area contributed by atoms with E-state index in [1.54, 1.807) is 18.4 Å². The summed E-state index contributed by atoms with van der Waals surface area (Å²) in [5.41, 5.74) is 0. The largest absolute Gasteiger partial charge is 0.467 e. The van der Waals surface area contributed by atoms with Crippen LogP contribution in [0.15, 0.2) is 22.8 Å². The van der Waals surface area contributed by atoms with Crippen molar-refractivity contribution >= 4 is 0 Å². The Balaban J connectivity index is 2.19. The van der Waals surface area contributed by atoms with Gasteiger partial charge in [-0.3, -0.25) is 0 Å². The van der Waals surface area contributed by atoms with E-state index in [1.807, 2.05) is 0 Å². The maximum atomic E-state index is 9.72. The molecular weight excluding hydrogens is 206 g/mol. The number of aliphatic hydroxyl groups is 2. The molecule has 0 saturated carbocycles. The second kappa shape index (κ2) is 7.44. The van der Waals surface area contributed by atoms with Gasteiger partial charge in [0, 0.05) is 13.2 Å². The molecule has 0 fully saturated rings. The van der Waals surface area contributed by atoms with E-state index in [0.717, 1.165) is 19.4 Å². The van der Waals surface area contributed by atoms with Gasteiger partial charge in [-0.05, 0) is 31.0 Å². The molecule has 0 aromatic carbocycles. The Bertz CT molecular complexity index is 261. The highest BCUT2D eigenvalue weighted by atomic mass is 16.4. The number of nitrogens with one attached hydrogen (secondary N) is 1. The first-order valence-electron chi connectivity index (χ1n) is 5.81. The van der Waals surface area contributed by atoms with E-state index in [4.69, 9.17) is 9.52 Å². The molecule has 0 radical (unpaired) electrons. The Kier molecular flexibility index (Phi) is 6.15. The van der Waals surface area contributed by atoms with E-state index in [1.165, 1.54) is 0 Å². The predicted molar refractivity (Wildman–Crippen MR) is 62.0 cm³/mol. The van der Waals surface area contributed by atoms with Crippen LogP contribution in [0, 0.1) is 5.92 Å². The van der Waals surface area contributed by atoms with E-state index in [0.29, 0.717) is 18.2 Å². The van der Waals surface area contributed by atoms with Gasteiger partial charge in [0.1, 0.15) is 11.9 Å². The summed E-state index contributed by atoms with van der Waals surface area (Å²) in [7, 11) is 0. The number of rotatable bonds is 8. The van der Waals surface area contributed by atoms with Crippen LogP contribution < -0.4 is 5.32 Å². The Hall–Kier alpha value is -0.840. The van der Waals surface area contributed by atoms with Gasteiger partial charge in [0.2, 0.25) is 0 Å². The maximum Gasteiger partial charge on any atom is 0.133 e. The van der Waals surface area contributed by atoms with Crippen LogP contribution in [0.25, 0.3) is 0 Å². The minimum atomic E-state index is -0.596. The van der Waals surface area contributed by atoms with Crippen LogP contribution in [0.1, 0.15) is 31.6 Å². The van der Waals surface area contributed by atoms with Crippen LogP contribution in [0.5, 0.6) is 0 Å². The van der Waals surface area contributed by atoms with Crippen LogP contribution in [0.3, 0.4) is 0 Å². The zero-order valence-electron chi connectivity index (χ0n) is 9.72. The molecule has 4 heteroatoms. The fraction of sp³-hybridized carbons (Fsp3) is 0.667. The Morgan fingerprint density at radius 1 is 1.44 bits per heavy atom. The van der Waals surface area contributed by atoms with Gasteiger partial charge in [-0.15, -0.1) is 0 Å². The molecule has 0 aliphatic carbocycles. The highest BCUT2D eigenvalue weighted by Crippen LogP contribution is 2.12. The molecule has 1 aromatic heterocycles. The Morgan fingerprint density at radius 3 is 2.81 bits per heavy atom. The number of furan rings is 1. The summed E-state index contributed by atoms with van der Waals surface area (Å²) in [6.07, 6.45) is 2.80. The van der Waals surface area contributed by atoms with Crippen LogP contribution in [-0.4, -0.2) is 29.9 Å². The van der Waals surface area contributed by atoms with Crippen molar-refractivity contribution in [1.82, 2.24) is 5.32 Å². The topological polar surface area (TPSA) is 65.6 Å². The normalized spacial score (nSPS) is 14.9. The third-order valence-electron chi connectivity index (χ3n) is 2.76. The molecule has 0 spiro atoms. The lowest BCUT2D eigenvalue weighted by molar-refractivity contribution is 0.144. The van der Waals surface area contributed by atoms with E-state index in [-0.39, 0.29) is 6.61 Å². The molecule has 16 heavy (non-hydrogen) atoms. The number of hydrogen-bond donors (Lipinski definition) is 3. The van der Waals surface area contributed by atoms with Crippen molar-refractivity contribution in [2.24, 2.45) is 5.92 Å². The summed E-state index contributed by atoms with van der Waals surface area (Å²) in [5.74, 6) is 1.05. The standard InChI is InChI=1S/C12H21NO3/c1-2-10(5-6-14)8-13-9-11(15)12-4-3-7-16-12/h3-4,7,10-11,13-15H,2,5-6,8-9H2,1H3. The smallest absolute Gasteiger partial charge is 0.133 e. The number of hydrogen-bond acceptors (Lipinski definition) is 4. The van der Waals surface area contributed by atoms with Crippen molar-refractivity contribution < 1.29 is 14.6 Å². The summed E-state index contributed by atoms with van der Waals surface area (Å²) in [6.45, 7) is 3.62. The highest BCUT2D eigenvalue weighted by Gasteiger charge is 2.11. The highest BCUT2D eigenvalue weighted by molar-refractivity contribution is 5.02. The van der Waals surface area contributed by atoms with E-state index >= 15 is 0 Å². The van der Waals surface area contributed by atoms with Crippen LogP contribution >= 0.6 is 0 Å². The molecule has 1 aromatic rings. The Labute approximate surface area is 96.3 Å². The van der Waals surface area contributed by atoms with Gasteiger partial charge in [0.25, 0.3) is 0 Å². The molecule has 2 atom stereocenters. The lowest BCUT2D eigenvalue weighted by atomic mass is 10.0. The molecule has 2 unspecified atom stereocenters. The van der Waals surface area contributed by atoms with Crippen LogP contribution in [-0.2, 0) is 0 Å². The van der Waals surface area contributed by atoms with Gasteiger partial charge < -0.3 is 19.9 Å². The predicted octanol–water partition coefficient (Wildman–Crippen LogP) is 1.31. The first-order valence-corrected chi connectivity index (χ1v) is 5.81. The number of aliphatic hydroxyl groups excluding tert-OH is 2. The van der Waals surface area contributed by atoms with E-state index in [9.17, 15) is 5.11 Å². The van der Waals surface area contributed by atoms with E-state index in [2.05, 4.69) is 12.2 Å². The first-order chi connectivity index (χ1) is 7.77. The molecule has 92 valence electrons. The average molecular weight is 227 g/mol. The molecule has 0 amide bonds. The van der Waals surface area contributed by atoms with Crippen molar-refractivity contribution in [1.29, 1.82) is 0 Å². The van der Waals surface area contributed by atoms with Crippen molar-refractivity contribution in [3.05, 3.63) is 24.2 Å². The van der Waals surface area contributed by atoms with E-state index < -0.39 is 6.10 Å². The van der Waals surface area contributed by atoms with Crippen molar-refractivity contribution in [3.63, 3.8) is 0 Å². The van der Waals surface area contributed by atoms with Gasteiger partial charge in [-0.2, -0.15) is 0 Å². The minimum Gasteiger partial charge on any atom is -0.467 e. The van der Waals surface area contributed by atoms with Gasteiger partial charge in [-0.1, -0.05) is 13.3 Å². The summed E-state index contributed by atoms with van der Waals surface area (Å²) in [6, 6.07) is 3.52. The summed E-state index contributed by atoms with van der Waals surface area (Å²) < 4.78 is 5.10. The van der Waals surface area contributed by atoms with Crippen molar-refractivity contribution in [2.75, 3.05) is 19.7 Å². The monoisotopic (exact) mass is 227 g/mol. The minimum absolute atomic E-state index is 0.223. The molecule has 4 nitrogen and oxygen atoms in total.